The molecule has 4 heteroatoms. The lowest BCUT2D eigenvalue weighted by molar-refractivity contribution is -0.122. The summed E-state index contributed by atoms with van der Waals surface area (Å²) in [5.74, 6) is 0.527. The van der Waals surface area contributed by atoms with Gasteiger partial charge in [0.25, 0.3) is 0 Å². The Morgan fingerprint density at radius 2 is 2.11 bits per heavy atom. The van der Waals surface area contributed by atoms with Gasteiger partial charge in [0, 0.05) is 25.5 Å². The molecule has 0 aliphatic carbocycles. The zero-order valence-corrected chi connectivity index (χ0v) is 11.7. The van der Waals surface area contributed by atoms with Gasteiger partial charge >= 0.3 is 0 Å². The van der Waals surface area contributed by atoms with Crippen LogP contribution in [-0.4, -0.2) is 23.5 Å². The van der Waals surface area contributed by atoms with Gasteiger partial charge in [0.2, 0.25) is 5.91 Å². The fourth-order valence-electron chi connectivity index (χ4n) is 1.51. The first-order chi connectivity index (χ1) is 8.50. The summed E-state index contributed by atoms with van der Waals surface area (Å²) >= 11 is 0. The second-order valence-corrected chi connectivity index (χ2v) is 5.04. The van der Waals surface area contributed by atoms with Crippen LogP contribution in [0, 0.1) is 12.8 Å². The zero-order valence-electron chi connectivity index (χ0n) is 11.7. The van der Waals surface area contributed by atoms with Crippen molar-refractivity contribution in [3.8, 4) is 0 Å². The number of aromatic nitrogens is 1. The van der Waals surface area contributed by atoms with Crippen LogP contribution in [-0.2, 0) is 11.3 Å². The van der Waals surface area contributed by atoms with Gasteiger partial charge in [-0.1, -0.05) is 13.8 Å². The number of pyridine rings is 1. The highest BCUT2D eigenvalue weighted by Gasteiger charge is 2.12. The molecule has 18 heavy (non-hydrogen) atoms. The molecule has 1 unspecified atom stereocenters. The molecule has 1 atom stereocenters. The van der Waals surface area contributed by atoms with Crippen LogP contribution >= 0.6 is 0 Å². The number of rotatable bonds is 6. The van der Waals surface area contributed by atoms with E-state index in [1.807, 2.05) is 26.1 Å². The first kappa shape index (κ1) is 14.6. The van der Waals surface area contributed by atoms with E-state index in [0.717, 1.165) is 12.1 Å². The highest BCUT2D eigenvalue weighted by atomic mass is 16.2. The van der Waals surface area contributed by atoms with Gasteiger partial charge < -0.3 is 10.6 Å². The standard InChI is InChI=1S/C14H23N3O/c1-10(2)7-17-14(18)12(4)16-9-13-5-6-15-8-11(13)3/h5-6,8,10,12,16H,7,9H2,1-4H3,(H,17,18). The predicted molar refractivity (Wildman–Crippen MR) is 73.1 cm³/mol. The third-order valence-corrected chi connectivity index (χ3v) is 2.81. The summed E-state index contributed by atoms with van der Waals surface area (Å²) in [5.41, 5.74) is 2.31. The maximum Gasteiger partial charge on any atom is 0.236 e. The minimum Gasteiger partial charge on any atom is -0.354 e. The molecule has 0 aliphatic rings. The topological polar surface area (TPSA) is 54.0 Å². The van der Waals surface area contributed by atoms with Gasteiger partial charge in [-0.25, -0.2) is 0 Å². The molecule has 1 amide bonds. The van der Waals surface area contributed by atoms with Gasteiger partial charge in [0.15, 0.2) is 0 Å². The molecule has 1 rings (SSSR count). The molecule has 0 radical (unpaired) electrons. The van der Waals surface area contributed by atoms with E-state index in [2.05, 4.69) is 29.5 Å². The third kappa shape index (κ3) is 4.84. The Morgan fingerprint density at radius 3 is 2.72 bits per heavy atom. The molecule has 2 N–H and O–H groups in total. The molecular weight excluding hydrogens is 226 g/mol. The summed E-state index contributed by atoms with van der Waals surface area (Å²) in [4.78, 5) is 15.8. The van der Waals surface area contributed by atoms with Crippen molar-refractivity contribution in [2.24, 2.45) is 5.92 Å². The van der Waals surface area contributed by atoms with Gasteiger partial charge in [0.05, 0.1) is 6.04 Å². The molecule has 1 aromatic rings. The van der Waals surface area contributed by atoms with Crippen molar-refractivity contribution < 1.29 is 4.79 Å². The van der Waals surface area contributed by atoms with Crippen LogP contribution in [0.2, 0.25) is 0 Å². The van der Waals surface area contributed by atoms with Crippen LogP contribution in [0.5, 0.6) is 0 Å². The van der Waals surface area contributed by atoms with E-state index in [1.165, 1.54) is 5.56 Å². The summed E-state index contributed by atoms with van der Waals surface area (Å²) in [6.07, 6.45) is 3.61. The van der Waals surface area contributed by atoms with Crippen LogP contribution in [0.1, 0.15) is 31.9 Å². The molecule has 0 saturated carbocycles. The van der Waals surface area contributed by atoms with E-state index in [-0.39, 0.29) is 11.9 Å². The van der Waals surface area contributed by atoms with Crippen molar-refractivity contribution in [1.82, 2.24) is 15.6 Å². The van der Waals surface area contributed by atoms with E-state index in [9.17, 15) is 4.79 Å². The monoisotopic (exact) mass is 249 g/mol. The third-order valence-electron chi connectivity index (χ3n) is 2.81. The lowest BCUT2D eigenvalue weighted by atomic mass is 10.1. The number of nitrogens with one attached hydrogen (secondary N) is 2. The predicted octanol–water partition coefficient (Wildman–Crippen LogP) is 1.64. The molecule has 0 fully saturated rings. The fourth-order valence-corrected chi connectivity index (χ4v) is 1.51. The minimum absolute atomic E-state index is 0.0513. The van der Waals surface area contributed by atoms with E-state index in [4.69, 9.17) is 0 Å². The number of carbonyl (C=O) groups excluding carboxylic acids is 1. The molecule has 0 aromatic carbocycles. The molecule has 1 aromatic heterocycles. The molecule has 0 bridgehead atoms. The normalized spacial score (nSPS) is 12.5. The molecule has 0 saturated heterocycles. The number of hydrogen-bond donors (Lipinski definition) is 2. The average Bonchev–Trinajstić information content (AvgIpc) is 2.34. The van der Waals surface area contributed by atoms with Crippen molar-refractivity contribution in [2.75, 3.05) is 6.54 Å². The van der Waals surface area contributed by atoms with Crippen LogP contribution in [0.25, 0.3) is 0 Å². The SMILES string of the molecule is Cc1cnccc1CNC(C)C(=O)NCC(C)C. The average molecular weight is 249 g/mol. The van der Waals surface area contributed by atoms with E-state index >= 15 is 0 Å². The Labute approximate surface area is 109 Å². The maximum atomic E-state index is 11.8. The van der Waals surface area contributed by atoms with E-state index in [0.29, 0.717) is 12.5 Å². The van der Waals surface area contributed by atoms with Crippen LogP contribution in [0.15, 0.2) is 18.5 Å². The lowest BCUT2D eigenvalue weighted by Crippen LogP contribution is -2.43. The van der Waals surface area contributed by atoms with Crippen LogP contribution in [0.3, 0.4) is 0 Å². The summed E-state index contributed by atoms with van der Waals surface area (Å²) in [5, 5.41) is 6.14. The lowest BCUT2D eigenvalue weighted by Gasteiger charge is -2.15. The van der Waals surface area contributed by atoms with Gasteiger partial charge in [-0.3, -0.25) is 9.78 Å². The van der Waals surface area contributed by atoms with Crippen molar-refractivity contribution in [3.63, 3.8) is 0 Å². The minimum atomic E-state index is -0.184. The van der Waals surface area contributed by atoms with Gasteiger partial charge in [-0.15, -0.1) is 0 Å². The van der Waals surface area contributed by atoms with Gasteiger partial charge in [0.1, 0.15) is 0 Å². The highest BCUT2D eigenvalue weighted by molar-refractivity contribution is 5.81. The molecule has 0 spiro atoms. The number of amides is 1. The number of aryl methyl sites for hydroxylation is 1. The Bertz CT molecular complexity index is 390. The molecule has 0 aliphatic heterocycles. The number of nitrogens with zero attached hydrogens (tertiary/aromatic N) is 1. The highest BCUT2D eigenvalue weighted by Crippen LogP contribution is 2.04. The second kappa shape index (κ2) is 7.11. The molecule has 100 valence electrons. The fraction of sp³-hybridized carbons (Fsp3) is 0.571. The summed E-state index contributed by atoms with van der Waals surface area (Å²) < 4.78 is 0. The first-order valence-corrected chi connectivity index (χ1v) is 6.41. The molecular formula is C14H23N3O. The maximum absolute atomic E-state index is 11.8. The smallest absolute Gasteiger partial charge is 0.236 e. The second-order valence-electron chi connectivity index (χ2n) is 5.04. The van der Waals surface area contributed by atoms with Crippen LogP contribution < -0.4 is 10.6 Å². The summed E-state index contributed by atoms with van der Waals surface area (Å²) in [6, 6.07) is 1.79. The quantitative estimate of drug-likeness (QED) is 0.806. The van der Waals surface area contributed by atoms with Gasteiger partial charge in [-0.2, -0.15) is 0 Å². The molecule has 4 nitrogen and oxygen atoms in total. The molecule has 1 heterocycles. The van der Waals surface area contributed by atoms with E-state index < -0.39 is 0 Å². The number of hydrogen-bond acceptors (Lipinski definition) is 3. The van der Waals surface area contributed by atoms with Crippen molar-refractivity contribution >= 4 is 5.91 Å². The zero-order chi connectivity index (χ0) is 13.5. The Kier molecular flexibility index (Phi) is 5.78. The summed E-state index contributed by atoms with van der Waals surface area (Å²) in [6.45, 7) is 9.47. The van der Waals surface area contributed by atoms with Crippen molar-refractivity contribution in [3.05, 3.63) is 29.6 Å². The summed E-state index contributed by atoms with van der Waals surface area (Å²) in [7, 11) is 0. The first-order valence-electron chi connectivity index (χ1n) is 6.41. The Morgan fingerprint density at radius 1 is 1.39 bits per heavy atom. The van der Waals surface area contributed by atoms with Crippen LogP contribution in [0.4, 0.5) is 0 Å². The largest absolute Gasteiger partial charge is 0.354 e. The number of carbonyl (C=O) groups is 1. The van der Waals surface area contributed by atoms with Gasteiger partial charge in [-0.05, 0) is 37.0 Å². The van der Waals surface area contributed by atoms with E-state index in [1.54, 1.807) is 6.20 Å². The Balaban J connectivity index is 2.39. The van der Waals surface area contributed by atoms with Crippen molar-refractivity contribution in [1.29, 1.82) is 0 Å². The van der Waals surface area contributed by atoms with Crippen molar-refractivity contribution in [2.45, 2.75) is 40.3 Å². The Hall–Kier alpha value is -1.42.